The highest BCUT2D eigenvalue weighted by Crippen LogP contribution is 2.39. The van der Waals surface area contributed by atoms with Crippen LogP contribution in [0.3, 0.4) is 0 Å². The smallest absolute Gasteiger partial charge is 0.226 e. The number of unbranched alkanes of at least 4 members (excludes halogenated alkanes) is 1. The highest BCUT2D eigenvalue weighted by Gasteiger charge is 2.44. The molecule has 1 aromatic carbocycles. The van der Waals surface area contributed by atoms with Gasteiger partial charge in [-0.2, -0.15) is 0 Å². The lowest BCUT2D eigenvalue weighted by atomic mass is 9.90. The summed E-state index contributed by atoms with van der Waals surface area (Å²) in [5, 5.41) is 6.58. The Kier molecular flexibility index (Phi) is 8.78. The summed E-state index contributed by atoms with van der Waals surface area (Å²) in [7, 11) is 1.64. The summed E-state index contributed by atoms with van der Waals surface area (Å²) < 4.78 is 5.26. The average molecular weight is 424 g/mol. The van der Waals surface area contributed by atoms with Gasteiger partial charge in [-0.15, -0.1) is 12.4 Å². The molecule has 29 heavy (non-hydrogen) atoms. The molecule has 2 N–H and O–H groups in total. The molecule has 2 fully saturated rings. The van der Waals surface area contributed by atoms with Crippen molar-refractivity contribution in [3.05, 3.63) is 29.8 Å². The highest BCUT2D eigenvalue weighted by atomic mass is 35.5. The van der Waals surface area contributed by atoms with Crippen molar-refractivity contribution in [1.82, 2.24) is 15.5 Å². The summed E-state index contributed by atoms with van der Waals surface area (Å²) in [6.07, 6.45) is 3.29. The van der Waals surface area contributed by atoms with Crippen molar-refractivity contribution < 1.29 is 14.3 Å². The van der Waals surface area contributed by atoms with Gasteiger partial charge in [0.15, 0.2) is 0 Å². The molecule has 6 nitrogen and oxygen atoms in total. The average Bonchev–Trinajstić information content (AvgIpc) is 3.04. The number of carbonyl (C=O) groups excluding carboxylic acids is 2. The molecular formula is C22H34ClN3O3. The molecule has 4 unspecified atom stereocenters. The molecule has 2 aliphatic rings. The summed E-state index contributed by atoms with van der Waals surface area (Å²) in [4.78, 5) is 27.9. The number of amides is 2. The zero-order valence-corrected chi connectivity index (χ0v) is 18.5. The van der Waals surface area contributed by atoms with Gasteiger partial charge in [0, 0.05) is 25.6 Å². The highest BCUT2D eigenvalue weighted by molar-refractivity contribution is 5.90. The van der Waals surface area contributed by atoms with Gasteiger partial charge in [-0.05, 0) is 43.0 Å². The fraction of sp³-hybridized carbons (Fsp3) is 0.636. The maximum atomic E-state index is 13.2. The number of likely N-dealkylation sites (tertiary alicyclic amines) is 1. The Morgan fingerprint density at radius 1 is 1.31 bits per heavy atom. The largest absolute Gasteiger partial charge is 0.497 e. The monoisotopic (exact) mass is 423 g/mol. The van der Waals surface area contributed by atoms with Gasteiger partial charge in [0.2, 0.25) is 11.8 Å². The van der Waals surface area contributed by atoms with Crippen molar-refractivity contribution in [1.29, 1.82) is 0 Å². The van der Waals surface area contributed by atoms with Gasteiger partial charge in [0.05, 0.1) is 19.1 Å². The molecule has 2 amide bonds. The lowest BCUT2D eigenvalue weighted by molar-refractivity contribution is -0.129. The van der Waals surface area contributed by atoms with Crippen molar-refractivity contribution in [2.75, 3.05) is 26.7 Å². The first-order chi connectivity index (χ1) is 13.5. The molecule has 7 heteroatoms. The number of hydrogen-bond acceptors (Lipinski definition) is 4. The predicted molar refractivity (Wildman–Crippen MR) is 116 cm³/mol. The number of halogens is 1. The van der Waals surface area contributed by atoms with Gasteiger partial charge in [-0.3, -0.25) is 9.59 Å². The van der Waals surface area contributed by atoms with E-state index in [1.54, 1.807) is 7.11 Å². The molecule has 2 heterocycles. The van der Waals surface area contributed by atoms with Crippen molar-refractivity contribution in [3.8, 4) is 5.75 Å². The summed E-state index contributed by atoms with van der Waals surface area (Å²) >= 11 is 0. The molecule has 1 aromatic rings. The van der Waals surface area contributed by atoms with E-state index in [1.165, 1.54) is 0 Å². The first-order valence-electron chi connectivity index (χ1n) is 10.5. The standard InChI is InChI=1S/C22H33N3O3.ClH/c1-4-5-12-25-20(26)13-18(21(25)16-6-8-17(28-3)9-7-16)22(27)24-19-14-23-11-10-15(19)2;/h6-9,15,18-19,21,23H,4-5,10-14H2,1-3H3,(H,24,27);1H. The van der Waals surface area contributed by atoms with Gasteiger partial charge < -0.3 is 20.3 Å². The third-order valence-electron chi connectivity index (χ3n) is 6.13. The molecule has 0 aliphatic carbocycles. The minimum absolute atomic E-state index is 0. The minimum Gasteiger partial charge on any atom is -0.497 e. The first kappa shape index (κ1) is 23.5. The van der Waals surface area contributed by atoms with Crippen molar-refractivity contribution in [2.45, 2.75) is 51.6 Å². The van der Waals surface area contributed by atoms with Crippen LogP contribution in [-0.4, -0.2) is 49.5 Å². The van der Waals surface area contributed by atoms with E-state index in [9.17, 15) is 9.59 Å². The van der Waals surface area contributed by atoms with Crippen LogP contribution >= 0.6 is 12.4 Å². The number of benzene rings is 1. The van der Waals surface area contributed by atoms with Crippen LogP contribution in [0.25, 0.3) is 0 Å². The van der Waals surface area contributed by atoms with Crippen LogP contribution in [0, 0.1) is 11.8 Å². The number of piperidine rings is 1. The maximum absolute atomic E-state index is 13.2. The molecule has 3 rings (SSSR count). The van der Waals surface area contributed by atoms with Crippen LogP contribution in [0.5, 0.6) is 5.75 Å². The Labute approximate surface area is 180 Å². The van der Waals surface area contributed by atoms with Crippen LogP contribution in [0.2, 0.25) is 0 Å². The van der Waals surface area contributed by atoms with E-state index in [0.29, 0.717) is 12.5 Å². The first-order valence-corrected chi connectivity index (χ1v) is 10.5. The zero-order chi connectivity index (χ0) is 20.1. The number of carbonyl (C=O) groups is 2. The number of nitrogens with zero attached hydrogens (tertiary/aromatic N) is 1. The normalized spacial score (nSPS) is 26.7. The molecule has 0 saturated carbocycles. The van der Waals surface area contributed by atoms with Gasteiger partial charge >= 0.3 is 0 Å². The molecule has 0 bridgehead atoms. The van der Waals surface area contributed by atoms with Crippen LogP contribution in [0.4, 0.5) is 0 Å². The predicted octanol–water partition coefficient (Wildman–Crippen LogP) is 2.92. The van der Waals surface area contributed by atoms with E-state index >= 15 is 0 Å². The Morgan fingerprint density at radius 2 is 2.03 bits per heavy atom. The number of nitrogens with one attached hydrogen (secondary N) is 2. The van der Waals surface area contributed by atoms with E-state index in [2.05, 4.69) is 24.5 Å². The third-order valence-corrected chi connectivity index (χ3v) is 6.13. The summed E-state index contributed by atoms with van der Waals surface area (Å²) in [5.74, 6) is 0.930. The van der Waals surface area contributed by atoms with Crippen molar-refractivity contribution in [2.24, 2.45) is 11.8 Å². The summed E-state index contributed by atoms with van der Waals surface area (Å²) in [5.41, 5.74) is 0.998. The second-order valence-electron chi connectivity index (χ2n) is 8.05. The summed E-state index contributed by atoms with van der Waals surface area (Å²) in [6.45, 7) is 6.77. The minimum atomic E-state index is -0.355. The maximum Gasteiger partial charge on any atom is 0.226 e. The van der Waals surface area contributed by atoms with E-state index in [-0.39, 0.29) is 48.6 Å². The van der Waals surface area contributed by atoms with E-state index in [0.717, 1.165) is 43.7 Å². The lowest BCUT2D eigenvalue weighted by Gasteiger charge is -2.33. The number of ether oxygens (including phenoxy) is 1. The van der Waals surface area contributed by atoms with Crippen molar-refractivity contribution >= 4 is 24.2 Å². The topological polar surface area (TPSA) is 70.7 Å². The Hall–Kier alpha value is -1.79. The van der Waals surface area contributed by atoms with E-state index < -0.39 is 0 Å². The number of hydrogen-bond donors (Lipinski definition) is 2. The van der Waals surface area contributed by atoms with Crippen molar-refractivity contribution in [3.63, 3.8) is 0 Å². The van der Waals surface area contributed by atoms with Gasteiger partial charge in [0.1, 0.15) is 5.75 Å². The van der Waals surface area contributed by atoms with E-state index in [1.807, 2.05) is 29.2 Å². The van der Waals surface area contributed by atoms with Gasteiger partial charge in [-0.1, -0.05) is 32.4 Å². The number of rotatable bonds is 7. The van der Waals surface area contributed by atoms with Crippen LogP contribution < -0.4 is 15.4 Å². The SMILES string of the molecule is CCCCN1C(=O)CC(C(=O)NC2CNCCC2C)C1c1ccc(OC)cc1.Cl. The molecule has 0 aromatic heterocycles. The van der Waals surface area contributed by atoms with Crippen LogP contribution in [0.15, 0.2) is 24.3 Å². The van der Waals surface area contributed by atoms with Crippen LogP contribution in [-0.2, 0) is 9.59 Å². The second kappa shape index (κ2) is 10.8. The van der Waals surface area contributed by atoms with Gasteiger partial charge in [0.25, 0.3) is 0 Å². The number of methoxy groups -OCH3 is 1. The Balaban J connectivity index is 0.00000300. The van der Waals surface area contributed by atoms with Gasteiger partial charge in [-0.25, -0.2) is 0 Å². The molecule has 2 aliphatic heterocycles. The summed E-state index contributed by atoms with van der Waals surface area (Å²) in [6, 6.07) is 7.67. The molecule has 0 radical (unpaired) electrons. The Bertz CT molecular complexity index is 682. The zero-order valence-electron chi connectivity index (χ0n) is 17.6. The third kappa shape index (κ3) is 5.43. The fourth-order valence-corrected chi connectivity index (χ4v) is 4.30. The van der Waals surface area contributed by atoms with Crippen LogP contribution in [0.1, 0.15) is 51.1 Å². The molecule has 162 valence electrons. The second-order valence-corrected chi connectivity index (χ2v) is 8.05. The Morgan fingerprint density at radius 3 is 2.66 bits per heavy atom. The molecular weight excluding hydrogens is 390 g/mol. The fourth-order valence-electron chi connectivity index (χ4n) is 4.30. The molecule has 0 spiro atoms. The van der Waals surface area contributed by atoms with E-state index in [4.69, 9.17) is 4.74 Å². The molecule has 4 atom stereocenters. The lowest BCUT2D eigenvalue weighted by Crippen LogP contribution is -2.52. The molecule has 2 saturated heterocycles. The quantitative estimate of drug-likeness (QED) is 0.707.